The van der Waals surface area contributed by atoms with Gasteiger partial charge in [0.2, 0.25) is 7.98 Å². The second kappa shape index (κ2) is 11.9. The molecule has 0 saturated carbocycles. The van der Waals surface area contributed by atoms with E-state index < -0.39 is 5.76 Å². The maximum Gasteiger partial charge on any atom is 0.425 e. The zero-order valence-corrected chi connectivity index (χ0v) is 14.3. The van der Waals surface area contributed by atoms with Gasteiger partial charge in [-0.2, -0.15) is 0 Å². The highest BCUT2D eigenvalue weighted by Gasteiger charge is 2.11. The molecule has 5 heteroatoms. The zero-order valence-electron chi connectivity index (χ0n) is 14.3. The van der Waals surface area contributed by atoms with Crippen molar-refractivity contribution in [2.24, 2.45) is 0 Å². The van der Waals surface area contributed by atoms with Gasteiger partial charge in [0.1, 0.15) is 0 Å². The molecule has 0 unspecified atom stereocenters. The Hall–Kier alpha value is -1.91. The van der Waals surface area contributed by atoms with Crippen molar-refractivity contribution in [2.75, 3.05) is 7.05 Å². The largest absolute Gasteiger partial charge is 0.425 e. The van der Waals surface area contributed by atoms with Gasteiger partial charge in [0.15, 0.2) is 5.58 Å². The third-order valence-corrected chi connectivity index (χ3v) is 2.15. The highest BCUT2D eigenvalue weighted by atomic mass is 16.4. The number of benzene rings is 1. The molecule has 0 aliphatic heterocycles. The Balaban J connectivity index is 0. The fourth-order valence-electron chi connectivity index (χ4n) is 1.37. The Morgan fingerprint density at radius 1 is 1.14 bits per heavy atom. The fourth-order valence-corrected chi connectivity index (χ4v) is 1.37. The van der Waals surface area contributed by atoms with Gasteiger partial charge in [-0.25, -0.2) is 9.36 Å². The molecule has 0 atom stereocenters. The average molecular weight is 290 g/mol. The zero-order chi connectivity index (χ0) is 17.0. The lowest BCUT2D eigenvalue weighted by Crippen LogP contribution is -2.23. The van der Waals surface area contributed by atoms with Crippen molar-refractivity contribution >= 4 is 24.9 Å². The minimum atomic E-state index is -0.488. The van der Waals surface area contributed by atoms with E-state index >= 15 is 0 Å². The summed E-state index contributed by atoms with van der Waals surface area (Å²) < 4.78 is 6.36. The highest BCUT2D eigenvalue weighted by molar-refractivity contribution is 6.08. The van der Waals surface area contributed by atoms with Crippen LogP contribution in [0.25, 0.3) is 16.9 Å². The molecule has 2 aromatic rings. The predicted molar refractivity (Wildman–Crippen MR) is 93.4 cm³/mol. The summed E-state index contributed by atoms with van der Waals surface area (Å²) in [5.41, 5.74) is 1.18. The van der Waals surface area contributed by atoms with Crippen LogP contribution in [0.1, 0.15) is 41.5 Å². The van der Waals surface area contributed by atoms with Crippen molar-refractivity contribution in [3.8, 4) is 0 Å². The number of aromatic nitrogens is 1. The number of fused-ring (bicyclic) bond motifs is 1. The number of para-hydroxylation sites is 2. The number of nitrogens with zero attached hydrogens (tertiary/aromatic N) is 2. The van der Waals surface area contributed by atoms with Gasteiger partial charge >= 0.3 is 5.76 Å². The summed E-state index contributed by atoms with van der Waals surface area (Å²) in [4.78, 5) is 12.8. The van der Waals surface area contributed by atoms with Gasteiger partial charge in [0, 0.05) is 0 Å². The van der Waals surface area contributed by atoms with Crippen molar-refractivity contribution in [1.29, 1.82) is 0 Å². The first-order chi connectivity index (χ1) is 10.1. The summed E-state index contributed by atoms with van der Waals surface area (Å²) in [6.45, 7) is 15.7. The van der Waals surface area contributed by atoms with Crippen molar-refractivity contribution in [3.05, 3.63) is 41.4 Å². The Morgan fingerprint density at radius 2 is 1.62 bits per heavy atom. The third kappa shape index (κ3) is 5.54. The van der Waals surface area contributed by atoms with Crippen LogP contribution >= 0.6 is 0 Å². The lowest BCUT2D eigenvalue weighted by atomic mass is 10.3. The van der Waals surface area contributed by atoms with Gasteiger partial charge in [-0.05, 0) is 19.2 Å². The molecular formula is C16H27BN2O2. The van der Waals surface area contributed by atoms with Crippen molar-refractivity contribution in [3.63, 3.8) is 0 Å². The molecule has 0 bridgehead atoms. The van der Waals surface area contributed by atoms with Gasteiger partial charge in [0.05, 0.1) is 11.3 Å². The van der Waals surface area contributed by atoms with E-state index in [9.17, 15) is 4.79 Å². The fraction of sp³-hybridized carbons (Fsp3) is 0.438. The molecule has 0 amide bonds. The van der Waals surface area contributed by atoms with Crippen LogP contribution in [0, 0.1) is 0 Å². The van der Waals surface area contributed by atoms with E-state index in [1.54, 1.807) is 25.2 Å². The van der Waals surface area contributed by atoms with Gasteiger partial charge in [-0.1, -0.05) is 60.3 Å². The lowest BCUT2D eigenvalue weighted by Gasteiger charge is -2.15. The van der Waals surface area contributed by atoms with E-state index in [4.69, 9.17) is 12.4 Å². The monoisotopic (exact) mass is 290 g/mol. The van der Waals surface area contributed by atoms with Crippen LogP contribution in [0.5, 0.6) is 0 Å². The molecule has 2 rings (SSSR count). The van der Waals surface area contributed by atoms with E-state index in [2.05, 4.69) is 6.58 Å². The molecule has 0 spiro atoms. The Labute approximate surface area is 129 Å². The van der Waals surface area contributed by atoms with Gasteiger partial charge in [0.25, 0.3) is 0 Å². The SMILES string of the molecule is CC.CC.CC.[B]N(C)C(=C)n1c(=O)oc2ccccc21. The predicted octanol–water partition coefficient (Wildman–Crippen LogP) is 4.12. The number of hydrogen-bond donors (Lipinski definition) is 0. The Bertz CT molecular complexity index is 571. The molecule has 1 aromatic carbocycles. The average Bonchev–Trinajstić information content (AvgIpc) is 2.88. The molecular weight excluding hydrogens is 263 g/mol. The minimum Gasteiger partial charge on any atom is -0.414 e. The normalized spacial score (nSPS) is 8.33. The first kappa shape index (κ1) is 21.4. The van der Waals surface area contributed by atoms with Crippen LogP contribution in [0.4, 0.5) is 0 Å². The topological polar surface area (TPSA) is 38.4 Å². The molecule has 116 valence electrons. The second-order valence-corrected chi connectivity index (χ2v) is 3.20. The van der Waals surface area contributed by atoms with E-state index in [0.29, 0.717) is 16.9 Å². The molecule has 2 radical (unpaired) electrons. The maximum atomic E-state index is 11.5. The van der Waals surface area contributed by atoms with E-state index in [-0.39, 0.29) is 0 Å². The van der Waals surface area contributed by atoms with Crippen molar-refractivity contribution in [2.45, 2.75) is 41.5 Å². The molecule has 0 fully saturated rings. The molecule has 1 aromatic heterocycles. The number of hydrogen-bond acceptors (Lipinski definition) is 3. The maximum absolute atomic E-state index is 11.5. The van der Waals surface area contributed by atoms with E-state index in [0.717, 1.165) is 0 Å². The lowest BCUT2D eigenvalue weighted by molar-refractivity contribution is 0.532. The summed E-state index contributed by atoms with van der Waals surface area (Å²) in [5, 5.41) is 0. The van der Waals surface area contributed by atoms with Crippen LogP contribution in [-0.2, 0) is 0 Å². The second-order valence-electron chi connectivity index (χ2n) is 3.20. The Morgan fingerprint density at radius 3 is 2.10 bits per heavy atom. The first-order valence-corrected chi connectivity index (χ1v) is 7.39. The third-order valence-electron chi connectivity index (χ3n) is 2.15. The van der Waals surface area contributed by atoms with Crippen molar-refractivity contribution in [1.82, 2.24) is 9.38 Å². The molecule has 21 heavy (non-hydrogen) atoms. The first-order valence-electron chi connectivity index (χ1n) is 7.39. The van der Waals surface area contributed by atoms with Gasteiger partial charge in [-0.15, -0.1) is 0 Å². The Kier molecular flexibility index (Phi) is 12.1. The van der Waals surface area contributed by atoms with Gasteiger partial charge in [-0.3, -0.25) is 0 Å². The molecule has 4 nitrogen and oxygen atoms in total. The summed E-state index contributed by atoms with van der Waals surface area (Å²) >= 11 is 0. The van der Waals surface area contributed by atoms with Crippen LogP contribution in [0.15, 0.2) is 40.1 Å². The summed E-state index contributed by atoms with van der Waals surface area (Å²) in [7, 11) is 7.13. The van der Waals surface area contributed by atoms with Crippen LogP contribution in [0.3, 0.4) is 0 Å². The number of rotatable bonds is 2. The molecule has 0 N–H and O–H groups in total. The molecule has 1 heterocycles. The van der Waals surface area contributed by atoms with Gasteiger partial charge < -0.3 is 9.23 Å². The number of oxazole rings is 1. The quantitative estimate of drug-likeness (QED) is 0.781. The van der Waals surface area contributed by atoms with E-state index in [1.807, 2.05) is 47.6 Å². The molecule has 0 saturated heterocycles. The minimum absolute atomic E-state index is 0.366. The summed E-state index contributed by atoms with van der Waals surface area (Å²) in [5.74, 6) is -0.122. The van der Waals surface area contributed by atoms with Crippen LogP contribution in [-0.4, -0.2) is 24.4 Å². The van der Waals surface area contributed by atoms with Crippen LogP contribution in [0.2, 0.25) is 0 Å². The van der Waals surface area contributed by atoms with Crippen molar-refractivity contribution < 1.29 is 4.42 Å². The summed E-state index contributed by atoms with van der Waals surface area (Å²) in [6.07, 6.45) is 0. The smallest absolute Gasteiger partial charge is 0.414 e. The molecule has 0 aliphatic rings. The molecule has 0 aliphatic carbocycles. The summed E-state index contributed by atoms with van der Waals surface area (Å²) in [6, 6.07) is 7.11. The van der Waals surface area contributed by atoms with E-state index in [1.165, 1.54) is 9.38 Å². The van der Waals surface area contributed by atoms with Crippen LogP contribution < -0.4 is 5.76 Å². The standard InChI is InChI=1S/C10H9BN2O2.3C2H6/c1-7(12(2)11)13-8-5-3-4-6-9(8)15-10(13)14;3*1-2/h3-6H,1H2,2H3;3*1-2H3. The highest BCUT2D eigenvalue weighted by Crippen LogP contribution is 2.15.